The van der Waals surface area contributed by atoms with E-state index in [2.05, 4.69) is 15.5 Å². The van der Waals surface area contributed by atoms with Crippen LogP contribution in [0.4, 0.5) is 5.69 Å². The summed E-state index contributed by atoms with van der Waals surface area (Å²) in [4.78, 5) is 28.5. The fourth-order valence-corrected chi connectivity index (χ4v) is 2.93. The van der Waals surface area contributed by atoms with Gasteiger partial charge in [0, 0.05) is 11.3 Å². The van der Waals surface area contributed by atoms with Gasteiger partial charge < -0.3 is 14.6 Å². The number of primary sulfonamides is 1. The summed E-state index contributed by atoms with van der Waals surface area (Å²) in [7, 11) is -3.83. The van der Waals surface area contributed by atoms with Gasteiger partial charge >= 0.3 is 5.97 Å². The van der Waals surface area contributed by atoms with Gasteiger partial charge in [-0.2, -0.15) is 4.98 Å². The van der Waals surface area contributed by atoms with Crippen LogP contribution in [0.15, 0.2) is 57.9 Å². The number of carbonyl (C=O) groups is 2. The van der Waals surface area contributed by atoms with Crippen LogP contribution >= 0.6 is 0 Å². The van der Waals surface area contributed by atoms with E-state index in [1.54, 1.807) is 19.1 Å². The maximum absolute atomic E-state index is 12.3. The number of aryl methyl sites for hydroxylation is 1. The smallest absolute Gasteiger partial charge is 0.338 e. The molecule has 0 aliphatic heterocycles. The number of sulfonamides is 1. The van der Waals surface area contributed by atoms with E-state index in [9.17, 15) is 18.0 Å². The topological polar surface area (TPSA) is 154 Å². The first-order valence-corrected chi connectivity index (χ1v) is 10.2. The molecular weight excluding hydrogens is 412 g/mol. The lowest BCUT2D eigenvalue weighted by molar-refractivity contribution is -0.123. The molecule has 0 radical (unpaired) electrons. The number of nitrogens with one attached hydrogen (secondary N) is 1. The van der Waals surface area contributed by atoms with Crippen LogP contribution in [0.25, 0.3) is 11.5 Å². The van der Waals surface area contributed by atoms with E-state index in [0.29, 0.717) is 23.0 Å². The highest BCUT2D eigenvalue weighted by Crippen LogP contribution is 2.18. The van der Waals surface area contributed by atoms with Gasteiger partial charge in [0.1, 0.15) is 0 Å². The standard InChI is InChI=1S/C19H18N4O6S/c1-11(17(24)22-15-7-9-16(10-8-15)30(20,26)27)28-19(25)14-5-3-13(4-6-14)18-21-12(2)23-29-18/h3-11H,1-2H3,(H,22,24)(H2,20,26,27). The van der Waals surface area contributed by atoms with Crippen molar-refractivity contribution in [3.05, 3.63) is 59.9 Å². The van der Waals surface area contributed by atoms with Gasteiger partial charge in [0.05, 0.1) is 10.5 Å². The van der Waals surface area contributed by atoms with Crippen molar-refractivity contribution in [3.63, 3.8) is 0 Å². The van der Waals surface area contributed by atoms with E-state index in [4.69, 9.17) is 14.4 Å². The number of aromatic nitrogens is 2. The van der Waals surface area contributed by atoms with Crippen molar-refractivity contribution < 1.29 is 27.3 Å². The number of anilines is 1. The summed E-state index contributed by atoms with van der Waals surface area (Å²) in [6.45, 7) is 3.11. The van der Waals surface area contributed by atoms with Gasteiger partial charge in [-0.15, -0.1) is 0 Å². The van der Waals surface area contributed by atoms with E-state index >= 15 is 0 Å². The largest absolute Gasteiger partial charge is 0.449 e. The molecule has 0 aliphatic carbocycles. The molecule has 2 aromatic carbocycles. The number of amides is 1. The highest BCUT2D eigenvalue weighted by atomic mass is 32.2. The Balaban J connectivity index is 1.60. The van der Waals surface area contributed by atoms with Crippen molar-refractivity contribution in [1.29, 1.82) is 0 Å². The quantitative estimate of drug-likeness (QED) is 0.562. The van der Waals surface area contributed by atoms with Gasteiger partial charge in [-0.1, -0.05) is 5.16 Å². The molecule has 0 bridgehead atoms. The summed E-state index contributed by atoms with van der Waals surface area (Å²) in [5, 5.41) is 11.3. The molecular formula is C19H18N4O6S. The predicted molar refractivity (Wildman–Crippen MR) is 106 cm³/mol. The molecule has 1 atom stereocenters. The van der Waals surface area contributed by atoms with Crippen molar-refractivity contribution in [2.75, 3.05) is 5.32 Å². The molecule has 1 aromatic heterocycles. The predicted octanol–water partition coefficient (Wildman–Crippen LogP) is 1.88. The Morgan fingerprint density at radius 1 is 1.10 bits per heavy atom. The summed E-state index contributed by atoms with van der Waals surface area (Å²) in [6, 6.07) is 11.6. The van der Waals surface area contributed by atoms with Crippen LogP contribution < -0.4 is 10.5 Å². The zero-order chi connectivity index (χ0) is 21.9. The van der Waals surface area contributed by atoms with E-state index in [1.165, 1.54) is 43.3 Å². The van der Waals surface area contributed by atoms with Crippen LogP contribution in [0.3, 0.4) is 0 Å². The third-order valence-corrected chi connectivity index (χ3v) is 4.93. The second-order valence-electron chi connectivity index (χ2n) is 6.33. The Morgan fingerprint density at radius 3 is 2.27 bits per heavy atom. The number of nitrogens with two attached hydrogens (primary N) is 1. The number of hydrogen-bond donors (Lipinski definition) is 2. The van der Waals surface area contributed by atoms with E-state index in [1.807, 2.05) is 0 Å². The molecule has 156 valence electrons. The minimum Gasteiger partial charge on any atom is -0.449 e. The summed E-state index contributed by atoms with van der Waals surface area (Å²) in [5.74, 6) is -0.443. The molecule has 11 heteroatoms. The number of carbonyl (C=O) groups excluding carboxylic acids is 2. The van der Waals surface area contributed by atoms with Crippen LogP contribution in [0.2, 0.25) is 0 Å². The number of hydrogen-bond acceptors (Lipinski definition) is 8. The lowest BCUT2D eigenvalue weighted by Gasteiger charge is -2.14. The molecule has 0 fully saturated rings. The number of nitrogens with zero attached hydrogens (tertiary/aromatic N) is 2. The maximum atomic E-state index is 12.3. The Hall–Kier alpha value is -3.57. The third-order valence-electron chi connectivity index (χ3n) is 4.00. The van der Waals surface area contributed by atoms with Crippen LogP contribution in [-0.2, 0) is 19.6 Å². The Morgan fingerprint density at radius 2 is 1.73 bits per heavy atom. The molecule has 3 rings (SSSR count). The molecule has 0 aliphatic rings. The molecule has 1 unspecified atom stereocenters. The SMILES string of the molecule is Cc1noc(-c2ccc(C(=O)OC(C)C(=O)Nc3ccc(S(N)(=O)=O)cc3)cc2)n1. The summed E-state index contributed by atoms with van der Waals surface area (Å²) >= 11 is 0. The second kappa shape index (κ2) is 8.43. The van der Waals surface area contributed by atoms with Crippen molar-refractivity contribution >= 4 is 27.6 Å². The van der Waals surface area contributed by atoms with Gasteiger partial charge in [-0.05, 0) is 62.4 Å². The molecule has 1 amide bonds. The first-order chi connectivity index (χ1) is 14.1. The zero-order valence-corrected chi connectivity index (χ0v) is 16.8. The lowest BCUT2D eigenvalue weighted by Crippen LogP contribution is -2.30. The van der Waals surface area contributed by atoms with Crippen molar-refractivity contribution in [2.24, 2.45) is 5.14 Å². The fraction of sp³-hybridized carbons (Fsp3) is 0.158. The second-order valence-corrected chi connectivity index (χ2v) is 7.89. The first-order valence-electron chi connectivity index (χ1n) is 8.69. The highest BCUT2D eigenvalue weighted by molar-refractivity contribution is 7.89. The van der Waals surface area contributed by atoms with Crippen molar-refractivity contribution in [3.8, 4) is 11.5 Å². The normalized spacial score (nSPS) is 12.2. The van der Waals surface area contributed by atoms with Gasteiger partial charge in [0.25, 0.3) is 11.8 Å². The summed E-state index contributed by atoms with van der Waals surface area (Å²) < 4.78 is 32.7. The van der Waals surface area contributed by atoms with Gasteiger partial charge in [0.15, 0.2) is 11.9 Å². The molecule has 3 aromatic rings. The van der Waals surface area contributed by atoms with Crippen molar-refractivity contribution in [2.45, 2.75) is 24.8 Å². The lowest BCUT2D eigenvalue weighted by atomic mass is 10.1. The average Bonchev–Trinajstić information content (AvgIpc) is 3.14. The van der Waals surface area contributed by atoms with Gasteiger partial charge in [-0.3, -0.25) is 4.79 Å². The van der Waals surface area contributed by atoms with Gasteiger partial charge in [0.2, 0.25) is 10.0 Å². The van der Waals surface area contributed by atoms with Crippen LogP contribution in [0.5, 0.6) is 0 Å². The average molecular weight is 430 g/mol. The fourth-order valence-electron chi connectivity index (χ4n) is 2.42. The van der Waals surface area contributed by atoms with E-state index in [-0.39, 0.29) is 10.5 Å². The van der Waals surface area contributed by atoms with Crippen LogP contribution in [0, 0.1) is 6.92 Å². The van der Waals surface area contributed by atoms with Gasteiger partial charge in [-0.25, -0.2) is 18.4 Å². The monoisotopic (exact) mass is 430 g/mol. The van der Waals surface area contributed by atoms with Crippen LogP contribution in [0.1, 0.15) is 23.1 Å². The Kier molecular flexibility index (Phi) is 5.94. The molecule has 3 N–H and O–H groups in total. The molecule has 0 spiro atoms. The molecule has 0 saturated heterocycles. The zero-order valence-electron chi connectivity index (χ0n) is 16.0. The molecule has 1 heterocycles. The summed E-state index contributed by atoms with van der Waals surface area (Å²) in [6.07, 6.45) is -1.09. The number of ether oxygens (including phenoxy) is 1. The molecule has 30 heavy (non-hydrogen) atoms. The maximum Gasteiger partial charge on any atom is 0.338 e. The molecule has 0 saturated carbocycles. The Bertz CT molecular complexity index is 1170. The molecule has 10 nitrogen and oxygen atoms in total. The Labute approximate surface area is 172 Å². The van der Waals surface area contributed by atoms with E-state index < -0.39 is 28.0 Å². The minimum atomic E-state index is -3.83. The van der Waals surface area contributed by atoms with Crippen LogP contribution in [-0.4, -0.2) is 36.5 Å². The number of esters is 1. The first kappa shape index (κ1) is 21.1. The van der Waals surface area contributed by atoms with Crippen molar-refractivity contribution in [1.82, 2.24) is 10.1 Å². The van der Waals surface area contributed by atoms with E-state index in [0.717, 1.165) is 0 Å². The minimum absolute atomic E-state index is 0.0842. The summed E-state index contributed by atoms with van der Waals surface area (Å²) in [5.41, 5.74) is 1.21. The third kappa shape index (κ3) is 5.07. The number of benzene rings is 2. The number of rotatable bonds is 6. The highest BCUT2D eigenvalue weighted by Gasteiger charge is 2.20.